The summed E-state index contributed by atoms with van der Waals surface area (Å²) < 4.78 is 11.2. The molecule has 3 rings (SSSR count). The van der Waals surface area contributed by atoms with Crippen molar-refractivity contribution in [1.82, 2.24) is 0 Å². The summed E-state index contributed by atoms with van der Waals surface area (Å²) in [6.45, 7) is 1.25. The lowest BCUT2D eigenvalue weighted by molar-refractivity contribution is -0.114. The van der Waals surface area contributed by atoms with Crippen LogP contribution in [0.2, 0.25) is 0 Å². The number of benzene rings is 2. The number of nitrogens with one attached hydrogen (secondary N) is 1. The van der Waals surface area contributed by atoms with E-state index in [4.69, 9.17) is 14.9 Å². The van der Waals surface area contributed by atoms with E-state index >= 15 is 0 Å². The third-order valence-corrected chi connectivity index (χ3v) is 4.24. The molecule has 138 valence electrons. The molecular formula is C19H15BrN2O5. The Hall–Kier alpha value is -3.13. The minimum Gasteiger partial charge on any atom is -0.457 e. The Morgan fingerprint density at radius 1 is 1.19 bits per heavy atom. The predicted molar refractivity (Wildman–Crippen MR) is 104 cm³/mol. The average Bonchev–Trinajstić information content (AvgIpc) is 2.60. The molecule has 0 saturated carbocycles. The fourth-order valence-corrected chi connectivity index (χ4v) is 2.92. The van der Waals surface area contributed by atoms with E-state index in [1.807, 2.05) is 0 Å². The Bertz CT molecular complexity index is 1110. The van der Waals surface area contributed by atoms with Gasteiger partial charge in [0.15, 0.2) is 0 Å². The van der Waals surface area contributed by atoms with Gasteiger partial charge in [-0.05, 0) is 30.3 Å². The molecule has 0 aliphatic rings. The van der Waals surface area contributed by atoms with Crippen molar-refractivity contribution in [3.63, 3.8) is 0 Å². The molecule has 2 aromatic carbocycles. The zero-order chi connectivity index (χ0) is 19.6. The van der Waals surface area contributed by atoms with Crippen LogP contribution in [-0.4, -0.2) is 11.9 Å². The average molecular weight is 431 g/mol. The quantitative estimate of drug-likeness (QED) is 0.372. The molecule has 8 heteroatoms. The lowest BCUT2D eigenvalue weighted by atomic mass is 10.1. The van der Waals surface area contributed by atoms with Crippen molar-refractivity contribution in [2.75, 3.05) is 11.1 Å². The van der Waals surface area contributed by atoms with Gasteiger partial charge in [0.2, 0.25) is 5.91 Å². The molecular weight excluding hydrogens is 416 g/mol. The SMILES string of the molecule is CC(=O)Nc1ccc2c(COC(=O)c3cc(Br)ccc3N)cc(=O)oc2c1. The third kappa shape index (κ3) is 4.35. The van der Waals surface area contributed by atoms with Gasteiger partial charge >= 0.3 is 11.6 Å². The number of ether oxygens (including phenoxy) is 1. The number of esters is 1. The van der Waals surface area contributed by atoms with Gasteiger partial charge in [0, 0.05) is 45.9 Å². The number of nitrogen functional groups attached to an aromatic ring is 1. The summed E-state index contributed by atoms with van der Waals surface area (Å²) in [5, 5.41) is 3.21. The smallest absolute Gasteiger partial charge is 0.340 e. The molecule has 3 N–H and O–H groups in total. The molecule has 0 aliphatic heterocycles. The summed E-state index contributed by atoms with van der Waals surface area (Å²) in [4.78, 5) is 35.3. The van der Waals surface area contributed by atoms with Crippen molar-refractivity contribution in [1.29, 1.82) is 0 Å². The number of nitrogens with two attached hydrogens (primary N) is 1. The van der Waals surface area contributed by atoms with E-state index in [1.165, 1.54) is 19.1 Å². The highest BCUT2D eigenvalue weighted by Gasteiger charge is 2.14. The van der Waals surface area contributed by atoms with Crippen LogP contribution in [0.15, 0.2) is 56.1 Å². The number of fused-ring (bicyclic) bond motifs is 1. The lowest BCUT2D eigenvalue weighted by Crippen LogP contribution is -2.10. The van der Waals surface area contributed by atoms with Crippen molar-refractivity contribution in [3.8, 4) is 0 Å². The molecule has 0 spiro atoms. The molecule has 27 heavy (non-hydrogen) atoms. The molecule has 1 aromatic heterocycles. The molecule has 3 aromatic rings. The van der Waals surface area contributed by atoms with Crippen LogP contribution in [0.3, 0.4) is 0 Å². The van der Waals surface area contributed by atoms with Gasteiger partial charge in [0.05, 0.1) is 5.56 Å². The summed E-state index contributed by atoms with van der Waals surface area (Å²) >= 11 is 3.28. The van der Waals surface area contributed by atoms with Gasteiger partial charge in [-0.25, -0.2) is 9.59 Å². The second-order valence-electron chi connectivity index (χ2n) is 5.79. The number of hydrogen-bond acceptors (Lipinski definition) is 6. The molecule has 0 bridgehead atoms. The monoisotopic (exact) mass is 430 g/mol. The Morgan fingerprint density at radius 3 is 2.70 bits per heavy atom. The summed E-state index contributed by atoms with van der Waals surface area (Å²) in [7, 11) is 0. The van der Waals surface area contributed by atoms with Crippen LogP contribution in [0.25, 0.3) is 11.0 Å². The van der Waals surface area contributed by atoms with Crippen LogP contribution in [0, 0.1) is 0 Å². The summed E-state index contributed by atoms with van der Waals surface area (Å²) in [5.41, 5.74) is 7.00. The maximum Gasteiger partial charge on any atom is 0.340 e. The Kier molecular flexibility index (Phi) is 5.27. The van der Waals surface area contributed by atoms with E-state index in [1.54, 1.807) is 30.3 Å². The minimum atomic E-state index is -0.606. The normalized spacial score (nSPS) is 10.6. The number of rotatable bonds is 4. The highest BCUT2D eigenvalue weighted by Crippen LogP contribution is 2.23. The zero-order valence-electron chi connectivity index (χ0n) is 14.2. The fraction of sp³-hybridized carbons (Fsp3) is 0.105. The number of anilines is 2. The molecule has 0 radical (unpaired) electrons. The number of amides is 1. The van der Waals surface area contributed by atoms with Gasteiger partial charge in [-0.15, -0.1) is 0 Å². The van der Waals surface area contributed by atoms with Gasteiger partial charge < -0.3 is 20.2 Å². The molecule has 0 fully saturated rings. The Labute approximate surface area is 162 Å². The summed E-state index contributed by atoms with van der Waals surface area (Å²) in [5.74, 6) is -0.849. The Morgan fingerprint density at radius 2 is 1.96 bits per heavy atom. The first-order valence-electron chi connectivity index (χ1n) is 7.90. The molecule has 0 saturated heterocycles. The largest absolute Gasteiger partial charge is 0.457 e. The van der Waals surface area contributed by atoms with E-state index in [9.17, 15) is 14.4 Å². The summed E-state index contributed by atoms with van der Waals surface area (Å²) in [6.07, 6.45) is 0. The van der Waals surface area contributed by atoms with Crippen molar-refractivity contribution in [2.24, 2.45) is 0 Å². The van der Waals surface area contributed by atoms with Gasteiger partial charge in [-0.3, -0.25) is 4.79 Å². The first-order valence-corrected chi connectivity index (χ1v) is 8.69. The Balaban J connectivity index is 1.88. The first-order chi connectivity index (χ1) is 12.8. The molecule has 0 unspecified atom stereocenters. The first kappa shape index (κ1) is 18.7. The third-order valence-electron chi connectivity index (χ3n) is 3.74. The van der Waals surface area contributed by atoms with Crippen LogP contribution in [0.4, 0.5) is 11.4 Å². The van der Waals surface area contributed by atoms with Gasteiger partial charge in [-0.2, -0.15) is 0 Å². The number of hydrogen-bond donors (Lipinski definition) is 2. The standard InChI is InChI=1S/C19H15BrN2O5/c1-10(23)22-13-3-4-14-11(6-18(24)27-17(14)8-13)9-26-19(25)15-7-12(20)2-5-16(15)21/h2-8H,9,21H2,1H3,(H,22,23). The van der Waals surface area contributed by atoms with Gasteiger partial charge in [0.25, 0.3) is 0 Å². The predicted octanol–water partition coefficient (Wildman–Crippen LogP) is 3.45. The molecule has 1 amide bonds. The van der Waals surface area contributed by atoms with Crippen molar-refractivity contribution in [2.45, 2.75) is 13.5 Å². The van der Waals surface area contributed by atoms with Crippen LogP contribution in [0.1, 0.15) is 22.8 Å². The zero-order valence-corrected chi connectivity index (χ0v) is 15.8. The van der Waals surface area contributed by atoms with Gasteiger partial charge in [-0.1, -0.05) is 15.9 Å². The number of halogens is 1. The maximum atomic E-state index is 12.3. The van der Waals surface area contributed by atoms with E-state index in [0.29, 0.717) is 26.8 Å². The highest BCUT2D eigenvalue weighted by molar-refractivity contribution is 9.10. The molecule has 1 heterocycles. The lowest BCUT2D eigenvalue weighted by Gasteiger charge is -2.10. The van der Waals surface area contributed by atoms with Crippen molar-refractivity contribution >= 4 is 50.2 Å². The number of carbonyl (C=O) groups is 2. The highest BCUT2D eigenvalue weighted by atomic mass is 79.9. The van der Waals surface area contributed by atoms with Crippen LogP contribution < -0.4 is 16.7 Å². The topological polar surface area (TPSA) is 112 Å². The van der Waals surface area contributed by atoms with Crippen molar-refractivity contribution in [3.05, 3.63) is 68.5 Å². The van der Waals surface area contributed by atoms with E-state index < -0.39 is 11.6 Å². The molecule has 7 nitrogen and oxygen atoms in total. The minimum absolute atomic E-state index is 0.133. The second-order valence-corrected chi connectivity index (χ2v) is 6.71. The van der Waals surface area contributed by atoms with Crippen LogP contribution >= 0.6 is 15.9 Å². The van der Waals surface area contributed by atoms with E-state index in [-0.39, 0.29) is 23.7 Å². The molecule has 0 atom stereocenters. The van der Waals surface area contributed by atoms with Crippen LogP contribution in [0.5, 0.6) is 0 Å². The second kappa shape index (κ2) is 7.63. The fourth-order valence-electron chi connectivity index (χ4n) is 2.56. The summed E-state index contributed by atoms with van der Waals surface area (Å²) in [6, 6.07) is 11.0. The number of carbonyl (C=O) groups excluding carboxylic acids is 2. The van der Waals surface area contributed by atoms with Crippen LogP contribution in [-0.2, 0) is 16.1 Å². The maximum absolute atomic E-state index is 12.3. The van der Waals surface area contributed by atoms with E-state index in [0.717, 1.165) is 0 Å². The molecule has 0 aliphatic carbocycles. The van der Waals surface area contributed by atoms with Gasteiger partial charge in [0.1, 0.15) is 12.2 Å². The van der Waals surface area contributed by atoms with Crippen molar-refractivity contribution < 1.29 is 18.7 Å². The van der Waals surface area contributed by atoms with E-state index in [2.05, 4.69) is 21.2 Å².